The van der Waals surface area contributed by atoms with E-state index < -0.39 is 0 Å². The summed E-state index contributed by atoms with van der Waals surface area (Å²) in [7, 11) is 2.07. The Morgan fingerprint density at radius 2 is 1.87 bits per heavy atom. The quantitative estimate of drug-likeness (QED) is 0.724. The van der Waals surface area contributed by atoms with Crippen LogP contribution in [0.25, 0.3) is 0 Å². The largest absolute Gasteiger partial charge is 0.474 e. The molecule has 1 heterocycles. The zero-order valence-corrected chi connectivity index (χ0v) is 10.5. The predicted octanol–water partition coefficient (Wildman–Crippen LogP) is 1.96. The molecule has 0 radical (unpaired) electrons. The van der Waals surface area contributed by atoms with Crippen LogP contribution in [0.15, 0.2) is 12.5 Å². The molecule has 0 aromatic rings. The molecule has 3 nitrogen and oxygen atoms in total. The predicted molar refractivity (Wildman–Crippen MR) is 63.6 cm³/mol. The zero-order chi connectivity index (χ0) is 11.5. The van der Waals surface area contributed by atoms with E-state index >= 15 is 0 Å². The van der Waals surface area contributed by atoms with Crippen LogP contribution in [0.5, 0.6) is 0 Å². The number of ether oxygens (including phenoxy) is 1. The summed E-state index contributed by atoms with van der Waals surface area (Å²) in [5.41, 5.74) is -0.155. The van der Waals surface area contributed by atoms with Gasteiger partial charge in [0.25, 0.3) is 0 Å². The van der Waals surface area contributed by atoms with Gasteiger partial charge in [0.1, 0.15) is 5.60 Å². The van der Waals surface area contributed by atoms with Crippen molar-refractivity contribution in [3.63, 3.8) is 0 Å². The van der Waals surface area contributed by atoms with Gasteiger partial charge in [-0.1, -0.05) is 0 Å². The van der Waals surface area contributed by atoms with Crippen LogP contribution in [0.1, 0.15) is 33.6 Å². The molecule has 88 valence electrons. The summed E-state index contributed by atoms with van der Waals surface area (Å²) >= 11 is 0. The molecule has 0 aliphatic carbocycles. The fraction of sp³-hybridized carbons (Fsp3) is 0.833. The average molecular weight is 212 g/mol. The highest BCUT2D eigenvalue weighted by molar-refractivity contribution is 4.90. The van der Waals surface area contributed by atoms with Crippen LogP contribution in [0, 0.1) is 0 Å². The molecule has 1 aliphatic heterocycles. The summed E-state index contributed by atoms with van der Waals surface area (Å²) in [6, 6.07) is 0.570. The van der Waals surface area contributed by atoms with Gasteiger partial charge in [0.2, 0.25) is 0 Å². The Hall–Kier alpha value is -0.700. The molecule has 0 saturated carbocycles. The highest BCUT2D eigenvalue weighted by atomic mass is 16.5. The monoisotopic (exact) mass is 212 g/mol. The van der Waals surface area contributed by atoms with Crippen molar-refractivity contribution in [3.8, 4) is 0 Å². The Morgan fingerprint density at radius 3 is 2.33 bits per heavy atom. The van der Waals surface area contributed by atoms with E-state index in [2.05, 4.69) is 44.6 Å². The van der Waals surface area contributed by atoms with Crippen LogP contribution >= 0.6 is 0 Å². The zero-order valence-electron chi connectivity index (χ0n) is 10.5. The van der Waals surface area contributed by atoms with Crippen LogP contribution < -0.4 is 5.32 Å². The Kier molecular flexibility index (Phi) is 4.03. The van der Waals surface area contributed by atoms with Gasteiger partial charge < -0.3 is 15.0 Å². The summed E-state index contributed by atoms with van der Waals surface area (Å²) in [5, 5.41) is 3.36. The third-order valence-electron chi connectivity index (χ3n) is 2.67. The molecule has 1 saturated heterocycles. The number of nitrogens with one attached hydrogen (secondary N) is 1. The Balaban J connectivity index is 2.44. The third-order valence-corrected chi connectivity index (χ3v) is 2.67. The van der Waals surface area contributed by atoms with E-state index in [1.165, 1.54) is 12.8 Å². The maximum absolute atomic E-state index is 5.76. The lowest BCUT2D eigenvalue weighted by molar-refractivity contribution is -0.00410. The van der Waals surface area contributed by atoms with Gasteiger partial charge in [-0.15, -0.1) is 0 Å². The SMILES string of the molecule is C=C(OC(C)(C)C)N(C)C1CCNCC1. The third kappa shape index (κ3) is 4.12. The Labute approximate surface area is 93.5 Å². The average Bonchev–Trinajstić information content (AvgIpc) is 2.15. The van der Waals surface area contributed by atoms with Gasteiger partial charge in [0.05, 0.1) is 0 Å². The van der Waals surface area contributed by atoms with Crippen LogP contribution in [0.2, 0.25) is 0 Å². The number of piperidine rings is 1. The molecule has 15 heavy (non-hydrogen) atoms. The van der Waals surface area contributed by atoms with Crippen molar-refractivity contribution in [1.29, 1.82) is 0 Å². The molecule has 0 aromatic heterocycles. The van der Waals surface area contributed by atoms with Gasteiger partial charge >= 0.3 is 0 Å². The standard InChI is InChI=1S/C12H24N2O/c1-10(15-12(2,3)4)14(5)11-6-8-13-9-7-11/h11,13H,1,6-9H2,2-5H3. The number of hydrogen-bond donors (Lipinski definition) is 1. The molecule has 1 N–H and O–H groups in total. The smallest absolute Gasteiger partial charge is 0.182 e. The maximum Gasteiger partial charge on any atom is 0.182 e. The topological polar surface area (TPSA) is 24.5 Å². The normalized spacial score (nSPS) is 18.7. The van der Waals surface area contributed by atoms with Gasteiger partial charge in [-0.2, -0.15) is 0 Å². The molecule has 0 aromatic carbocycles. The number of nitrogens with zero attached hydrogens (tertiary/aromatic N) is 1. The van der Waals surface area contributed by atoms with E-state index in [0.717, 1.165) is 19.0 Å². The first-order valence-corrected chi connectivity index (χ1v) is 5.71. The first-order chi connectivity index (χ1) is 6.90. The molecular formula is C12H24N2O. The summed E-state index contributed by atoms with van der Waals surface area (Å²) in [6.45, 7) is 12.3. The van der Waals surface area contributed by atoms with E-state index in [4.69, 9.17) is 4.74 Å². The van der Waals surface area contributed by atoms with Crippen molar-refractivity contribution in [2.24, 2.45) is 0 Å². The van der Waals surface area contributed by atoms with Crippen LogP contribution in [0.4, 0.5) is 0 Å². The van der Waals surface area contributed by atoms with E-state index in [1.54, 1.807) is 0 Å². The Bertz CT molecular complexity index is 214. The molecule has 0 bridgehead atoms. The van der Waals surface area contributed by atoms with Gasteiger partial charge in [0, 0.05) is 13.1 Å². The summed E-state index contributed by atoms with van der Waals surface area (Å²) in [5.74, 6) is 0.786. The molecule has 0 atom stereocenters. The Morgan fingerprint density at radius 1 is 1.33 bits per heavy atom. The summed E-state index contributed by atoms with van der Waals surface area (Å²) in [6.07, 6.45) is 2.34. The summed E-state index contributed by atoms with van der Waals surface area (Å²) < 4.78 is 5.76. The minimum Gasteiger partial charge on any atom is -0.474 e. The van der Waals surface area contributed by atoms with Crippen molar-refractivity contribution < 1.29 is 4.74 Å². The molecule has 3 heteroatoms. The van der Waals surface area contributed by atoms with E-state index in [1.807, 2.05) is 0 Å². The van der Waals surface area contributed by atoms with E-state index in [0.29, 0.717) is 6.04 Å². The molecule has 0 unspecified atom stereocenters. The van der Waals surface area contributed by atoms with Crippen molar-refractivity contribution in [2.45, 2.75) is 45.3 Å². The minimum atomic E-state index is -0.155. The van der Waals surface area contributed by atoms with Gasteiger partial charge in [-0.3, -0.25) is 0 Å². The van der Waals surface area contributed by atoms with Crippen molar-refractivity contribution in [3.05, 3.63) is 12.5 Å². The van der Waals surface area contributed by atoms with Crippen molar-refractivity contribution >= 4 is 0 Å². The molecule has 0 amide bonds. The highest BCUT2D eigenvalue weighted by Crippen LogP contribution is 2.19. The van der Waals surface area contributed by atoms with Gasteiger partial charge in [0.15, 0.2) is 5.88 Å². The molecule has 1 aliphatic rings. The molecule has 1 rings (SSSR count). The molecule has 0 spiro atoms. The fourth-order valence-electron chi connectivity index (χ4n) is 1.82. The van der Waals surface area contributed by atoms with Crippen LogP contribution in [-0.2, 0) is 4.74 Å². The first-order valence-electron chi connectivity index (χ1n) is 5.71. The van der Waals surface area contributed by atoms with Crippen LogP contribution in [0.3, 0.4) is 0 Å². The van der Waals surface area contributed by atoms with Gasteiger partial charge in [-0.05, 0) is 53.3 Å². The number of hydrogen-bond acceptors (Lipinski definition) is 3. The molecular weight excluding hydrogens is 188 g/mol. The lowest BCUT2D eigenvalue weighted by atomic mass is 10.1. The van der Waals surface area contributed by atoms with Crippen molar-refractivity contribution in [1.82, 2.24) is 10.2 Å². The molecule has 1 fully saturated rings. The minimum absolute atomic E-state index is 0.155. The lowest BCUT2D eigenvalue weighted by Gasteiger charge is -2.36. The van der Waals surface area contributed by atoms with Crippen LogP contribution in [-0.4, -0.2) is 36.7 Å². The fourth-order valence-corrected chi connectivity index (χ4v) is 1.82. The highest BCUT2D eigenvalue weighted by Gasteiger charge is 2.22. The number of rotatable bonds is 3. The first kappa shape index (κ1) is 12.4. The second-order valence-corrected chi connectivity index (χ2v) is 5.20. The second kappa shape index (κ2) is 4.88. The van der Waals surface area contributed by atoms with Crippen molar-refractivity contribution in [2.75, 3.05) is 20.1 Å². The van der Waals surface area contributed by atoms with E-state index in [9.17, 15) is 0 Å². The van der Waals surface area contributed by atoms with E-state index in [-0.39, 0.29) is 5.60 Å². The lowest BCUT2D eigenvalue weighted by Crippen LogP contribution is -2.41. The second-order valence-electron chi connectivity index (χ2n) is 5.20. The van der Waals surface area contributed by atoms with Gasteiger partial charge in [-0.25, -0.2) is 0 Å². The summed E-state index contributed by atoms with van der Waals surface area (Å²) in [4.78, 5) is 2.17. The maximum atomic E-state index is 5.76.